The smallest absolute Gasteiger partial charge is 0.411 e. The number of rotatable bonds is 2. The zero-order valence-corrected chi connectivity index (χ0v) is 16.5. The molecule has 1 aliphatic carbocycles. The van der Waals surface area contributed by atoms with E-state index in [0.29, 0.717) is 17.3 Å². The van der Waals surface area contributed by atoms with Gasteiger partial charge in [-0.25, -0.2) is 9.78 Å². The van der Waals surface area contributed by atoms with Gasteiger partial charge >= 0.3 is 6.09 Å². The fourth-order valence-corrected chi connectivity index (χ4v) is 3.87. The second kappa shape index (κ2) is 6.08. The third-order valence-corrected chi connectivity index (χ3v) is 5.35. The Bertz CT molecular complexity index is 843. The van der Waals surface area contributed by atoms with Crippen molar-refractivity contribution in [3.63, 3.8) is 0 Å². The van der Waals surface area contributed by atoms with Crippen LogP contribution in [0.5, 0.6) is 0 Å². The molecule has 1 aromatic carbocycles. The van der Waals surface area contributed by atoms with Crippen LogP contribution >= 0.6 is 15.9 Å². The number of nitrogens with one attached hydrogen (secondary N) is 1. The van der Waals surface area contributed by atoms with Crippen LogP contribution < -0.4 is 0 Å². The van der Waals surface area contributed by atoms with Crippen LogP contribution in [0.15, 0.2) is 28.7 Å². The van der Waals surface area contributed by atoms with E-state index >= 15 is 0 Å². The summed E-state index contributed by atoms with van der Waals surface area (Å²) < 4.78 is 21.0. The molecule has 0 unspecified atom stereocenters. The fourth-order valence-electron chi connectivity index (χ4n) is 3.60. The Hall–Kier alpha value is -1.89. The Morgan fingerprint density at radius 2 is 2.00 bits per heavy atom. The Kier molecular flexibility index (Phi) is 4.10. The second-order valence-electron chi connectivity index (χ2n) is 7.99. The molecule has 1 N–H and O–H groups in total. The molecular formula is C19H21BrFN3O2. The summed E-state index contributed by atoms with van der Waals surface area (Å²) in [5, 5.41) is 0. The lowest BCUT2D eigenvalue weighted by Gasteiger charge is -2.29. The maximum atomic E-state index is 14.5. The lowest BCUT2D eigenvalue weighted by Crippen LogP contribution is -2.38. The predicted octanol–water partition coefficient (Wildman–Crippen LogP) is 5.05. The number of imidazole rings is 1. The van der Waals surface area contributed by atoms with Gasteiger partial charge in [0.25, 0.3) is 0 Å². The van der Waals surface area contributed by atoms with E-state index in [1.165, 1.54) is 0 Å². The lowest BCUT2D eigenvalue weighted by molar-refractivity contribution is 0.0174. The summed E-state index contributed by atoms with van der Waals surface area (Å²) in [6, 6.07) is 7.23. The number of aromatic amines is 1. The minimum absolute atomic E-state index is 0.180. The van der Waals surface area contributed by atoms with Crippen molar-refractivity contribution in [2.45, 2.75) is 51.3 Å². The zero-order chi connectivity index (χ0) is 18.6. The average molecular weight is 422 g/mol. The summed E-state index contributed by atoms with van der Waals surface area (Å²) in [5.41, 5.74) is 0.406. The molecule has 3 atom stereocenters. The molecule has 0 bridgehead atoms. The molecule has 2 heterocycles. The molecule has 1 amide bonds. The van der Waals surface area contributed by atoms with Gasteiger partial charge < -0.3 is 9.72 Å². The maximum Gasteiger partial charge on any atom is 0.411 e. The van der Waals surface area contributed by atoms with Crippen molar-refractivity contribution in [3.05, 3.63) is 40.5 Å². The number of benzene rings is 1. The zero-order valence-electron chi connectivity index (χ0n) is 14.9. The van der Waals surface area contributed by atoms with Gasteiger partial charge in [0, 0.05) is 16.1 Å². The van der Waals surface area contributed by atoms with Gasteiger partial charge in [0.05, 0.1) is 6.04 Å². The standard InChI is InChI=1S/C19H21BrFN3O2/c1-19(2,3)26-18(25)24-13-8-11(13)9-14(24)17-22-15(16(21)23-17)10-4-6-12(20)7-5-10/h4-7,11,13-14H,8-9H2,1-3H3,(H,22,23)/t11-,13-,14+/m1/s1. The van der Waals surface area contributed by atoms with Crippen LogP contribution in [0.1, 0.15) is 45.5 Å². The monoisotopic (exact) mass is 421 g/mol. The Balaban J connectivity index is 1.62. The Morgan fingerprint density at radius 3 is 2.65 bits per heavy atom. The van der Waals surface area contributed by atoms with Gasteiger partial charge in [-0.1, -0.05) is 28.1 Å². The predicted molar refractivity (Wildman–Crippen MR) is 99.0 cm³/mol. The molecule has 1 aromatic heterocycles. The highest BCUT2D eigenvalue weighted by atomic mass is 79.9. The molecule has 1 aliphatic heterocycles. The Labute approximate surface area is 160 Å². The van der Waals surface area contributed by atoms with E-state index in [1.807, 2.05) is 45.0 Å². The average Bonchev–Trinajstić information content (AvgIpc) is 3.02. The van der Waals surface area contributed by atoms with E-state index in [2.05, 4.69) is 25.9 Å². The Morgan fingerprint density at radius 1 is 1.31 bits per heavy atom. The molecule has 4 rings (SSSR count). The highest BCUT2D eigenvalue weighted by Crippen LogP contribution is 2.53. The minimum Gasteiger partial charge on any atom is -0.444 e. The molecule has 2 fully saturated rings. The summed E-state index contributed by atoms with van der Waals surface area (Å²) in [5.74, 6) is 0.460. The number of aromatic nitrogens is 2. The maximum absolute atomic E-state index is 14.5. The molecule has 0 radical (unpaired) electrons. The van der Waals surface area contributed by atoms with Gasteiger partial charge in [0.15, 0.2) is 0 Å². The van der Waals surface area contributed by atoms with E-state index in [-0.39, 0.29) is 23.9 Å². The number of carbonyl (C=O) groups is 1. The number of halogens is 2. The number of amides is 1. The van der Waals surface area contributed by atoms with Crippen LogP contribution in [-0.4, -0.2) is 32.6 Å². The van der Waals surface area contributed by atoms with E-state index in [4.69, 9.17) is 4.74 Å². The number of nitrogens with zero attached hydrogens (tertiary/aromatic N) is 2. The van der Waals surface area contributed by atoms with Gasteiger partial charge in [0.1, 0.15) is 17.1 Å². The largest absolute Gasteiger partial charge is 0.444 e. The van der Waals surface area contributed by atoms with E-state index in [1.54, 1.807) is 4.90 Å². The van der Waals surface area contributed by atoms with Crippen molar-refractivity contribution >= 4 is 22.0 Å². The third kappa shape index (κ3) is 3.24. The van der Waals surface area contributed by atoms with E-state index in [9.17, 15) is 9.18 Å². The van der Waals surface area contributed by atoms with Gasteiger partial charge in [-0.05, 0) is 51.7 Å². The highest BCUT2D eigenvalue weighted by molar-refractivity contribution is 9.10. The first-order valence-electron chi connectivity index (χ1n) is 8.75. The van der Waals surface area contributed by atoms with Crippen LogP contribution in [0.3, 0.4) is 0 Å². The molecule has 2 aromatic rings. The fraction of sp³-hybridized carbons (Fsp3) is 0.474. The van der Waals surface area contributed by atoms with Crippen molar-refractivity contribution < 1.29 is 13.9 Å². The van der Waals surface area contributed by atoms with Gasteiger partial charge in [-0.2, -0.15) is 4.39 Å². The molecular weight excluding hydrogens is 401 g/mol. The number of ether oxygens (including phenoxy) is 1. The number of hydrogen-bond acceptors (Lipinski definition) is 3. The first kappa shape index (κ1) is 17.5. The quantitative estimate of drug-likeness (QED) is 0.737. The lowest BCUT2D eigenvalue weighted by atomic mass is 10.1. The molecule has 1 saturated carbocycles. The number of H-pyrrole nitrogens is 1. The number of fused-ring (bicyclic) bond motifs is 1. The summed E-state index contributed by atoms with van der Waals surface area (Å²) in [7, 11) is 0. The van der Waals surface area contributed by atoms with Crippen molar-refractivity contribution in [2.24, 2.45) is 5.92 Å². The van der Waals surface area contributed by atoms with Crippen LogP contribution in [0.25, 0.3) is 11.3 Å². The van der Waals surface area contributed by atoms with Gasteiger partial charge in [0.2, 0.25) is 5.95 Å². The summed E-state index contributed by atoms with van der Waals surface area (Å²) in [4.78, 5) is 21.6. The summed E-state index contributed by atoms with van der Waals surface area (Å²) >= 11 is 3.37. The van der Waals surface area contributed by atoms with Crippen LogP contribution in [0, 0.1) is 11.9 Å². The molecule has 5 nitrogen and oxygen atoms in total. The van der Waals surface area contributed by atoms with Crippen molar-refractivity contribution in [1.82, 2.24) is 14.9 Å². The van der Waals surface area contributed by atoms with Crippen LogP contribution in [0.2, 0.25) is 0 Å². The first-order valence-corrected chi connectivity index (χ1v) is 9.55. The van der Waals surface area contributed by atoms with Gasteiger partial charge in [-0.15, -0.1) is 0 Å². The number of likely N-dealkylation sites (tertiary alicyclic amines) is 1. The van der Waals surface area contributed by atoms with Crippen molar-refractivity contribution in [2.75, 3.05) is 0 Å². The molecule has 26 heavy (non-hydrogen) atoms. The number of piperidine rings is 1. The molecule has 138 valence electrons. The first-order chi connectivity index (χ1) is 12.2. The molecule has 7 heteroatoms. The molecule has 2 aliphatic rings. The minimum atomic E-state index is -0.564. The third-order valence-electron chi connectivity index (χ3n) is 4.82. The topological polar surface area (TPSA) is 58.2 Å². The van der Waals surface area contributed by atoms with Crippen molar-refractivity contribution in [3.8, 4) is 11.3 Å². The molecule has 1 saturated heterocycles. The number of hydrogen-bond donors (Lipinski definition) is 1. The van der Waals surface area contributed by atoms with Crippen LogP contribution in [0.4, 0.5) is 9.18 Å². The SMILES string of the molecule is CC(C)(C)OC(=O)N1[C@@H]2C[C@@H]2C[C@H]1c1nc(-c2ccc(Br)cc2)c(F)[nH]1. The van der Waals surface area contributed by atoms with Crippen LogP contribution in [-0.2, 0) is 4.74 Å². The summed E-state index contributed by atoms with van der Waals surface area (Å²) in [6.45, 7) is 5.54. The highest BCUT2D eigenvalue weighted by Gasteiger charge is 2.56. The number of carbonyl (C=O) groups excluding carboxylic acids is 1. The van der Waals surface area contributed by atoms with E-state index < -0.39 is 11.5 Å². The second-order valence-corrected chi connectivity index (χ2v) is 8.91. The van der Waals surface area contributed by atoms with Crippen molar-refractivity contribution in [1.29, 1.82) is 0 Å². The van der Waals surface area contributed by atoms with E-state index in [0.717, 1.165) is 17.3 Å². The van der Waals surface area contributed by atoms with Gasteiger partial charge in [-0.3, -0.25) is 4.90 Å². The normalized spacial score (nSPS) is 24.5. The molecule has 0 spiro atoms. The summed E-state index contributed by atoms with van der Waals surface area (Å²) in [6.07, 6.45) is 1.42.